The number of halogens is 2. The van der Waals surface area contributed by atoms with Gasteiger partial charge in [-0.05, 0) is 36.2 Å². The van der Waals surface area contributed by atoms with Crippen LogP contribution in [0.15, 0.2) is 53.3 Å². The third-order valence-electron chi connectivity index (χ3n) is 3.24. The maximum atomic E-state index is 13.4. The van der Waals surface area contributed by atoms with Gasteiger partial charge in [0.05, 0.1) is 5.52 Å². The van der Waals surface area contributed by atoms with E-state index in [9.17, 15) is 4.39 Å². The molecule has 5 heteroatoms. The van der Waals surface area contributed by atoms with Gasteiger partial charge < -0.3 is 5.32 Å². The summed E-state index contributed by atoms with van der Waals surface area (Å²) in [5, 5.41) is 3.95. The van der Waals surface area contributed by atoms with Gasteiger partial charge in [-0.2, -0.15) is 0 Å². The summed E-state index contributed by atoms with van der Waals surface area (Å²) in [6.07, 6.45) is 2.34. The molecule has 21 heavy (non-hydrogen) atoms. The van der Waals surface area contributed by atoms with Crippen LogP contribution in [0.3, 0.4) is 0 Å². The molecule has 106 valence electrons. The molecule has 0 saturated heterocycles. The van der Waals surface area contributed by atoms with E-state index in [-0.39, 0.29) is 5.82 Å². The molecule has 3 nitrogen and oxygen atoms in total. The van der Waals surface area contributed by atoms with E-state index in [1.165, 1.54) is 24.0 Å². The number of anilines is 1. The van der Waals surface area contributed by atoms with E-state index < -0.39 is 0 Å². The molecule has 2 aromatic carbocycles. The van der Waals surface area contributed by atoms with Gasteiger partial charge in [-0.25, -0.2) is 14.4 Å². The molecule has 0 amide bonds. The van der Waals surface area contributed by atoms with Crippen LogP contribution in [0.5, 0.6) is 0 Å². The number of hydrogen-bond acceptors (Lipinski definition) is 3. The van der Waals surface area contributed by atoms with Crippen molar-refractivity contribution in [3.8, 4) is 0 Å². The smallest absolute Gasteiger partial charge is 0.137 e. The first-order valence-electron chi connectivity index (χ1n) is 6.61. The number of hydrogen-bond donors (Lipinski definition) is 1. The summed E-state index contributed by atoms with van der Waals surface area (Å²) in [4.78, 5) is 8.34. The first-order chi connectivity index (χ1) is 10.2. The molecule has 1 N–H and O–H groups in total. The summed E-state index contributed by atoms with van der Waals surface area (Å²) in [7, 11) is 0. The van der Waals surface area contributed by atoms with E-state index in [0.717, 1.165) is 16.4 Å². The lowest BCUT2D eigenvalue weighted by molar-refractivity contribution is 0.629. The normalized spacial score (nSPS) is 10.8. The van der Waals surface area contributed by atoms with Gasteiger partial charge in [-0.3, -0.25) is 0 Å². The highest BCUT2D eigenvalue weighted by molar-refractivity contribution is 9.10. The summed E-state index contributed by atoms with van der Waals surface area (Å²) >= 11 is 3.53. The van der Waals surface area contributed by atoms with Gasteiger partial charge >= 0.3 is 0 Å². The Hall–Kier alpha value is -2.01. The molecule has 1 heterocycles. The lowest BCUT2D eigenvalue weighted by Gasteiger charge is -2.09. The quantitative estimate of drug-likeness (QED) is 0.770. The number of benzene rings is 2. The van der Waals surface area contributed by atoms with Crippen molar-refractivity contribution >= 4 is 32.7 Å². The van der Waals surface area contributed by atoms with E-state index in [1.54, 1.807) is 6.07 Å². The first-order valence-corrected chi connectivity index (χ1v) is 7.41. The van der Waals surface area contributed by atoms with Crippen LogP contribution in [0, 0.1) is 5.82 Å². The van der Waals surface area contributed by atoms with Crippen LogP contribution >= 0.6 is 15.9 Å². The van der Waals surface area contributed by atoms with Gasteiger partial charge in [0, 0.05) is 16.4 Å². The van der Waals surface area contributed by atoms with Gasteiger partial charge in [0.25, 0.3) is 0 Å². The van der Waals surface area contributed by atoms with Crippen LogP contribution in [-0.2, 0) is 6.42 Å². The Morgan fingerprint density at radius 1 is 1.10 bits per heavy atom. The van der Waals surface area contributed by atoms with Crippen molar-refractivity contribution in [1.82, 2.24) is 9.97 Å². The molecule has 3 aromatic rings. The standard InChI is InChI=1S/C16H13BrFN3/c17-14-4-2-1-3-11(14)7-8-19-16-13-9-12(18)5-6-15(13)20-10-21-16/h1-6,9-10H,7-8H2,(H,19,20,21). The van der Waals surface area contributed by atoms with Gasteiger partial charge in [0.15, 0.2) is 0 Å². The second-order valence-corrected chi connectivity index (χ2v) is 5.51. The molecular formula is C16H13BrFN3. The minimum absolute atomic E-state index is 0.286. The van der Waals surface area contributed by atoms with Crippen LogP contribution < -0.4 is 5.32 Å². The fourth-order valence-electron chi connectivity index (χ4n) is 2.19. The largest absolute Gasteiger partial charge is 0.369 e. The predicted molar refractivity (Wildman–Crippen MR) is 85.8 cm³/mol. The van der Waals surface area contributed by atoms with Crippen molar-refractivity contribution < 1.29 is 4.39 Å². The van der Waals surface area contributed by atoms with E-state index in [4.69, 9.17) is 0 Å². The van der Waals surface area contributed by atoms with E-state index >= 15 is 0 Å². The molecule has 0 aliphatic carbocycles. The predicted octanol–water partition coefficient (Wildman–Crippen LogP) is 4.19. The van der Waals surface area contributed by atoms with E-state index in [1.807, 2.05) is 18.2 Å². The van der Waals surface area contributed by atoms with Crippen LogP contribution in [0.25, 0.3) is 10.9 Å². The Kier molecular flexibility index (Phi) is 4.10. The van der Waals surface area contributed by atoms with Gasteiger partial charge in [-0.15, -0.1) is 0 Å². The lowest BCUT2D eigenvalue weighted by Crippen LogP contribution is -2.07. The third-order valence-corrected chi connectivity index (χ3v) is 4.02. The Morgan fingerprint density at radius 3 is 2.81 bits per heavy atom. The molecule has 0 radical (unpaired) electrons. The molecule has 0 atom stereocenters. The molecule has 0 unspecified atom stereocenters. The summed E-state index contributed by atoms with van der Waals surface area (Å²) in [5.41, 5.74) is 1.95. The monoisotopic (exact) mass is 345 g/mol. The van der Waals surface area contributed by atoms with Gasteiger partial charge in [-0.1, -0.05) is 34.1 Å². The van der Waals surface area contributed by atoms with Crippen molar-refractivity contribution in [1.29, 1.82) is 0 Å². The molecule has 0 saturated carbocycles. The van der Waals surface area contributed by atoms with Gasteiger partial charge in [0.1, 0.15) is 18.0 Å². The summed E-state index contributed by atoms with van der Waals surface area (Å²) in [6.45, 7) is 0.714. The average Bonchev–Trinajstić information content (AvgIpc) is 2.49. The van der Waals surface area contributed by atoms with Gasteiger partial charge in [0.2, 0.25) is 0 Å². The summed E-state index contributed by atoms with van der Waals surface area (Å²) in [5.74, 6) is 0.373. The Bertz CT molecular complexity index is 776. The molecule has 0 fully saturated rings. The highest BCUT2D eigenvalue weighted by atomic mass is 79.9. The van der Waals surface area contributed by atoms with Crippen LogP contribution in [0.2, 0.25) is 0 Å². The number of aromatic nitrogens is 2. The topological polar surface area (TPSA) is 37.8 Å². The zero-order chi connectivity index (χ0) is 14.7. The Labute approximate surface area is 130 Å². The lowest BCUT2D eigenvalue weighted by atomic mass is 10.1. The maximum absolute atomic E-state index is 13.4. The molecule has 0 spiro atoms. The van der Waals surface area contributed by atoms with E-state index in [2.05, 4.69) is 37.3 Å². The summed E-state index contributed by atoms with van der Waals surface area (Å²) in [6, 6.07) is 12.6. The maximum Gasteiger partial charge on any atom is 0.137 e. The number of fused-ring (bicyclic) bond motifs is 1. The molecule has 0 aliphatic rings. The fourth-order valence-corrected chi connectivity index (χ4v) is 2.67. The average molecular weight is 346 g/mol. The number of nitrogens with one attached hydrogen (secondary N) is 1. The third kappa shape index (κ3) is 3.19. The SMILES string of the molecule is Fc1ccc2ncnc(NCCc3ccccc3Br)c2c1. The first kappa shape index (κ1) is 13.9. The zero-order valence-electron chi connectivity index (χ0n) is 11.2. The van der Waals surface area contributed by atoms with Crippen LogP contribution in [0.1, 0.15) is 5.56 Å². The minimum atomic E-state index is -0.286. The van der Waals surface area contributed by atoms with Crippen molar-refractivity contribution in [2.24, 2.45) is 0 Å². The Morgan fingerprint density at radius 2 is 1.95 bits per heavy atom. The van der Waals surface area contributed by atoms with Crippen LogP contribution in [0.4, 0.5) is 10.2 Å². The molecule has 0 aliphatic heterocycles. The Balaban J connectivity index is 1.77. The molecular weight excluding hydrogens is 333 g/mol. The van der Waals surface area contributed by atoms with Crippen molar-refractivity contribution in [2.75, 3.05) is 11.9 Å². The van der Waals surface area contributed by atoms with Crippen molar-refractivity contribution in [3.05, 3.63) is 64.6 Å². The molecule has 0 bridgehead atoms. The van der Waals surface area contributed by atoms with Crippen molar-refractivity contribution in [2.45, 2.75) is 6.42 Å². The number of rotatable bonds is 4. The fraction of sp³-hybridized carbons (Fsp3) is 0.125. The highest BCUT2D eigenvalue weighted by Gasteiger charge is 2.05. The van der Waals surface area contributed by atoms with E-state index in [0.29, 0.717) is 17.7 Å². The molecule has 1 aromatic heterocycles. The number of nitrogens with zero attached hydrogens (tertiary/aromatic N) is 2. The second-order valence-electron chi connectivity index (χ2n) is 4.65. The summed E-state index contributed by atoms with van der Waals surface area (Å²) < 4.78 is 14.5. The molecule has 3 rings (SSSR count). The second kappa shape index (κ2) is 6.18. The zero-order valence-corrected chi connectivity index (χ0v) is 12.8. The highest BCUT2D eigenvalue weighted by Crippen LogP contribution is 2.21. The van der Waals surface area contributed by atoms with Crippen LogP contribution in [-0.4, -0.2) is 16.5 Å². The van der Waals surface area contributed by atoms with Crippen molar-refractivity contribution in [3.63, 3.8) is 0 Å². The minimum Gasteiger partial charge on any atom is -0.369 e.